The van der Waals surface area contributed by atoms with Crippen molar-refractivity contribution in [3.05, 3.63) is 13.5 Å². The molecule has 1 nitrogen and oxygen atoms in total. The molecule has 0 fully saturated rings. The zero-order valence-electron chi connectivity index (χ0n) is 9.06. The second kappa shape index (κ2) is 12.0. The Balaban J connectivity index is 2.76. The second-order valence-electron chi connectivity index (χ2n) is 3.45. The minimum Gasteiger partial charge on any atom is -0.376 e. The minimum absolute atomic E-state index is 0.895. The van der Waals surface area contributed by atoms with Gasteiger partial charge in [0, 0.05) is 6.61 Å². The van der Waals surface area contributed by atoms with E-state index in [1.807, 2.05) is 6.61 Å². The highest BCUT2D eigenvalue weighted by Gasteiger charge is 1.90. The summed E-state index contributed by atoms with van der Waals surface area (Å²) in [6.07, 6.45) is 9.91. The normalized spacial score (nSPS) is 10.6. The fourth-order valence-electron chi connectivity index (χ4n) is 1.22. The summed E-state index contributed by atoms with van der Waals surface area (Å²) < 4.78 is 5.32. The highest BCUT2D eigenvalue weighted by atomic mass is 16.5. The molecule has 0 spiro atoms. The van der Waals surface area contributed by atoms with Gasteiger partial charge in [-0.1, -0.05) is 52.4 Å². The molecule has 0 atom stereocenters. The predicted octanol–water partition coefficient (Wildman–Crippen LogP) is 4.14. The molecule has 0 heterocycles. The van der Waals surface area contributed by atoms with Crippen LogP contribution in [-0.4, -0.2) is 6.61 Å². The number of unbranched alkanes of at least 4 members (excludes halogenated alkanes) is 6. The Hall–Kier alpha value is -0.0400. The molecule has 0 aromatic heterocycles. The van der Waals surface area contributed by atoms with Crippen LogP contribution < -0.4 is 0 Å². The van der Waals surface area contributed by atoms with Crippen molar-refractivity contribution in [3.8, 4) is 0 Å². The van der Waals surface area contributed by atoms with Crippen molar-refractivity contribution < 1.29 is 4.74 Å². The van der Waals surface area contributed by atoms with E-state index in [2.05, 4.69) is 13.8 Å². The summed E-state index contributed by atoms with van der Waals surface area (Å²) in [6.45, 7) is 8.77. The van der Waals surface area contributed by atoms with Gasteiger partial charge >= 0.3 is 0 Å². The maximum Gasteiger partial charge on any atom is 0.0836 e. The Morgan fingerprint density at radius 3 is 2.46 bits per heavy atom. The van der Waals surface area contributed by atoms with Crippen molar-refractivity contribution in [2.45, 2.75) is 58.3 Å². The Morgan fingerprint density at radius 1 is 1.08 bits per heavy atom. The predicted molar refractivity (Wildman–Crippen MR) is 58.2 cm³/mol. The molecule has 0 aromatic carbocycles. The van der Waals surface area contributed by atoms with E-state index in [4.69, 9.17) is 4.74 Å². The first-order valence-corrected chi connectivity index (χ1v) is 5.64. The highest BCUT2D eigenvalue weighted by molar-refractivity contribution is 4.52. The van der Waals surface area contributed by atoms with E-state index in [0.717, 1.165) is 19.4 Å². The third-order valence-electron chi connectivity index (χ3n) is 2.06. The van der Waals surface area contributed by atoms with Crippen molar-refractivity contribution in [1.29, 1.82) is 0 Å². The molecule has 0 saturated carbocycles. The molecule has 13 heavy (non-hydrogen) atoms. The lowest BCUT2D eigenvalue weighted by Gasteiger charge is -2.02. The molecule has 0 aliphatic carbocycles. The summed E-state index contributed by atoms with van der Waals surface area (Å²) in [5, 5.41) is 0. The van der Waals surface area contributed by atoms with Crippen LogP contribution in [0.3, 0.4) is 0 Å². The van der Waals surface area contributed by atoms with E-state index in [-0.39, 0.29) is 0 Å². The van der Waals surface area contributed by atoms with Crippen molar-refractivity contribution in [2.24, 2.45) is 0 Å². The number of hydrogen-bond donors (Lipinski definition) is 0. The second-order valence-corrected chi connectivity index (χ2v) is 3.45. The summed E-state index contributed by atoms with van der Waals surface area (Å²) in [4.78, 5) is 0. The largest absolute Gasteiger partial charge is 0.376 e. The fraction of sp³-hybridized carbons (Fsp3) is 0.833. The van der Waals surface area contributed by atoms with Crippen LogP contribution in [0.25, 0.3) is 0 Å². The van der Waals surface area contributed by atoms with Crippen LogP contribution in [0.1, 0.15) is 58.3 Å². The van der Waals surface area contributed by atoms with Crippen LogP contribution in [0.4, 0.5) is 0 Å². The molecule has 0 aliphatic rings. The third kappa shape index (κ3) is 12.0. The van der Waals surface area contributed by atoms with Crippen molar-refractivity contribution in [3.63, 3.8) is 0 Å². The topological polar surface area (TPSA) is 9.23 Å². The fourth-order valence-corrected chi connectivity index (χ4v) is 1.22. The first kappa shape index (κ1) is 13.0. The maximum atomic E-state index is 5.32. The van der Waals surface area contributed by atoms with Gasteiger partial charge in [0.05, 0.1) is 6.61 Å². The molecule has 0 aliphatic heterocycles. The van der Waals surface area contributed by atoms with Gasteiger partial charge in [0.1, 0.15) is 0 Å². The molecular formula is C12H24O. The van der Waals surface area contributed by atoms with Gasteiger partial charge in [0.15, 0.2) is 0 Å². The maximum absolute atomic E-state index is 5.32. The van der Waals surface area contributed by atoms with Crippen LogP contribution in [0.5, 0.6) is 0 Å². The lowest BCUT2D eigenvalue weighted by molar-refractivity contribution is 0.186. The molecule has 2 radical (unpaired) electrons. The van der Waals surface area contributed by atoms with Gasteiger partial charge in [-0.25, -0.2) is 0 Å². The molecule has 0 amide bonds. The van der Waals surface area contributed by atoms with Gasteiger partial charge in [-0.2, -0.15) is 0 Å². The van der Waals surface area contributed by atoms with E-state index in [1.54, 1.807) is 0 Å². The Labute approximate surface area is 83.9 Å². The first-order valence-electron chi connectivity index (χ1n) is 5.64. The monoisotopic (exact) mass is 184 g/mol. The number of rotatable bonds is 10. The van der Waals surface area contributed by atoms with Crippen LogP contribution in [0, 0.1) is 13.5 Å². The van der Waals surface area contributed by atoms with Gasteiger partial charge in [-0.3, -0.25) is 0 Å². The first-order chi connectivity index (χ1) is 6.41. The molecule has 0 N–H and O–H groups in total. The van der Waals surface area contributed by atoms with Crippen molar-refractivity contribution in [2.75, 3.05) is 6.61 Å². The molecule has 0 saturated heterocycles. The van der Waals surface area contributed by atoms with Gasteiger partial charge < -0.3 is 4.74 Å². The average molecular weight is 184 g/mol. The van der Waals surface area contributed by atoms with Crippen molar-refractivity contribution >= 4 is 0 Å². The molecule has 0 unspecified atom stereocenters. The van der Waals surface area contributed by atoms with Crippen LogP contribution >= 0.6 is 0 Å². The number of ether oxygens (including phenoxy) is 1. The van der Waals surface area contributed by atoms with Gasteiger partial charge in [-0.05, 0) is 12.8 Å². The van der Waals surface area contributed by atoms with E-state index in [1.165, 1.54) is 38.5 Å². The SMILES string of the molecule is [CH2]CC[CH]OCCCCCCCC. The molecule has 0 bridgehead atoms. The van der Waals surface area contributed by atoms with Crippen LogP contribution in [-0.2, 0) is 4.74 Å². The Kier molecular flexibility index (Phi) is 11.9. The summed E-state index contributed by atoms with van der Waals surface area (Å²) in [7, 11) is 0. The minimum atomic E-state index is 0.895. The molecular weight excluding hydrogens is 160 g/mol. The average Bonchev–Trinajstić information content (AvgIpc) is 2.16. The standard InChI is InChI=1S/C12H24O/c1-3-5-7-8-9-10-12-13-11-6-4-2/h11H,2-10,12H2,1H3. The Bertz CT molecular complexity index is 71.2. The molecule has 0 aromatic rings. The lowest BCUT2D eigenvalue weighted by atomic mass is 10.1. The van der Waals surface area contributed by atoms with E-state index >= 15 is 0 Å². The lowest BCUT2D eigenvalue weighted by Crippen LogP contribution is -1.91. The zero-order chi connectivity index (χ0) is 9.78. The Morgan fingerprint density at radius 2 is 1.77 bits per heavy atom. The van der Waals surface area contributed by atoms with E-state index in [9.17, 15) is 0 Å². The number of hydrogen-bond acceptors (Lipinski definition) is 1. The summed E-state index contributed by atoms with van der Waals surface area (Å²) >= 11 is 0. The molecule has 1 heteroatoms. The molecule has 0 rings (SSSR count). The van der Waals surface area contributed by atoms with Gasteiger partial charge in [-0.15, -0.1) is 0 Å². The quantitative estimate of drug-likeness (QED) is 0.464. The highest BCUT2D eigenvalue weighted by Crippen LogP contribution is 2.05. The van der Waals surface area contributed by atoms with Crippen molar-refractivity contribution in [1.82, 2.24) is 0 Å². The third-order valence-corrected chi connectivity index (χ3v) is 2.06. The van der Waals surface area contributed by atoms with Gasteiger partial charge in [0.2, 0.25) is 0 Å². The zero-order valence-corrected chi connectivity index (χ0v) is 9.06. The summed E-state index contributed by atoms with van der Waals surface area (Å²) in [5.74, 6) is 0. The smallest absolute Gasteiger partial charge is 0.0836 e. The van der Waals surface area contributed by atoms with Crippen LogP contribution in [0.15, 0.2) is 0 Å². The van der Waals surface area contributed by atoms with E-state index in [0.29, 0.717) is 0 Å². The molecule has 78 valence electrons. The summed E-state index contributed by atoms with van der Waals surface area (Å²) in [5.41, 5.74) is 0. The van der Waals surface area contributed by atoms with E-state index < -0.39 is 0 Å². The van der Waals surface area contributed by atoms with Gasteiger partial charge in [0.25, 0.3) is 0 Å². The van der Waals surface area contributed by atoms with Crippen LogP contribution in [0.2, 0.25) is 0 Å². The summed E-state index contributed by atoms with van der Waals surface area (Å²) in [6, 6.07) is 0.